The fourth-order valence-corrected chi connectivity index (χ4v) is 3.60. The maximum Gasteiger partial charge on any atom is 0.232 e. The second-order valence-corrected chi connectivity index (χ2v) is 7.07. The third kappa shape index (κ3) is 4.14. The van der Waals surface area contributed by atoms with Crippen LogP contribution in [-0.4, -0.2) is 23.3 Å². The van der Waals surface area contributed by atoms with Crippen molar-refractivity contribution >= 4 is 23.7 Å². The van der Waals surface area contributed by atoms with Crippen molar-refractivity contribution < 1.29 is 18.8 Å². The van der Waals surface area contributed by atoms with Gasteiger partial charge < -0.3 is 9.15 Å². The summed E-state index contributed by atoms with van der Waals surface area (Å²) in [5.41, 5.74) is 3.99. The fourth-order valence-electron chi connectivity index (χ4n) is 3.34. The molecule has 1 aliphatic carbocycles. The Morgan fingerprint density at radius 3 is 2.89 bits per heavy atom. The van der Waals surface area contributed by atoms with Gasteiger partial charge in [0.1, 0.15) is 24.3 Å². The molecule has 1 aromatic heterocycles. The molecule has 7 nitrogen and oxygen atoms in total. The molecule has 1 unspecified atom stereocenters. The topological polar surface area (TPSA) is 86.0 Å². The second kappa shape index (κ2) is 8.10. The van der Waals surface area contributed by atoms with Crippen LogP contribution in [-0.2, 0) is 16.2 Å². The van der Waals surface area contributed by atoms with E-state index in [1.807, 2.05) is 0 Å². The largest absolute Gasteiger partial charge is 0.487 e. The number of ether oxygens (including phenoxy) is 1. The minimum absolute atomic E-state index is 0.307. The molecule has 142 valence electrons. The summed E-state index contributed by atoms with van der Waals surface area (Å²) in [6.45, 7) is 0.307. The number of carbonyl (C=O) groups excluding carboxylic acids is 1. The lowest BCUT2D eigenvalue weighted by molar-refractivity contribution is -0.118. The van der Waals surface area contributed by atoms with Gasteiger partial charge in [0, 0.05) is 11.5 Å². The first-order valence-electron chi connectivity index (χ1n) is 9.04. The predicted molar refractivity (Wildman–Crippen MR) is 98.7 cm³/mol. The first-order chi connectivity index (χ1) is 13.2. The lowest BCUT2D eigenvalue weighted by Crippen LogP contribution is -2.19. The van der Waals surface area contributed by atoms with Gasteiger partial charge in [-0.2, -0.15) is 0 Å². The van der Waals surface area contributed by atoms with E-state index in [9.17, 15) is 4.79 Å². The zero-order valence-electron chi connectivity index (χ0n) is 14.7. The first kappa shape index (κ1) is 18.0. The number of aromatic nitrogens is 1. The van der Waals surface area contributed by atoms with E-state index in [4.69, 9.17) is 25.6 Å². The van der Waals surface area contributed by atoms with Crippen molar-refractivity contribution in [3.63, 3.8) is 0 Å². The highest BCUT2D eigenvalue weighted by molar-refractivity contribution is 6.34. The number of aliphatic imine (C=N–C) groups is 1. The van der Waals surface area contributed by atoms with Crippen LogP contribution in [0, 0.1) is 0 Å². The number of halogens is 1. The Kier molecular flexibility index (Phi) is 5.40. The maximum absolute atomic E-state index is 10.7. The van der Waals surface area contributed by atoms with E-state index < -0.39 is 6.23 Å². The number of carbonyl (C=O) groups is 1. The third-order valence-electron chi connectivity index (χ3n) is 4.76. The average molecular weight is 390 g/mol. The zero-order chi connectivity index (χ0) is 18.6. The quantitative estimate of drug-likeness (QED) is 0.757. The van der Waals surface area contributed by atoms with Crippen LogP contribution in [0.1, 0.15) is 55.2 Å². The van der Waals surface area contributed by atoms with Crippen LogP contribution >= 0.6 is 11.6 Å². The van der Waals surface area contributed by atoms with E-state index in [-0.39, 0.29) is 0 Å². The first-order valence-corrected chi connectivity index (χ1v) is 9.42. The van der Waals surface area contributed by atoms with Crippen LogP contribution in [0.25, 0.3) is 0 Å². The number of aldehydes is 1. The van der Waals surface area contributed by atoms with Crippen LogP contribution in [0.15, 0.2) is 33.9 Å². The molecule has 4 rings (SSSR count). The SMILES string of the molecule is O=CC1N=C(c2ccc(OCc3coc(C4CCCCC4)n3)cc2Cl)NO1. The summed E-state index contributed by atoms with van der Waals surface area (Å²) in [5.74, 6) is 2.27. The molecular formula is C19H20ClN3O4. The van der Waals surface area contributed by atoms with E-state index in [2.05, 4.69) is 15.5 Å². The number of nitrogens with one attached hydrogen (secondary N) is 1. The highest BCUT2D eigenvalue weighted by Gasteiger charge is 2.21. The molecule has 1 aliphatic heterocycles. The summed E-state index contributed by atoms with van der Waals surface area (Å²) in [6.07, 6.45) is 7.48. The number of amidine groups is 1. The molecule has 0 bridgehead atoms. The number of hydrogen-bond acceptors (Lipinski definition) is 7. The van der Waals surface area contributed by atoms with Gasteiger partial charge in [-0.25, -0.2) is 20.3 Å². The molecule has 0 amide bonds. The summed E-state index contributed by atoms with van der Waals surface area (Å²) >= 11 is 6.31. The average Bonchev–Trinajstić information content (AvgIpc) is 3.37. The summed E-state index contributed by atoms with van der Waals surface area (Å²) in [4.78, 5) is 24.3. The number of oxazole rings is 1. The predicted octanol–water partition coefficient (Wildman–Crippen LogP) is 3.76. The maximum atomic E-state index is 10.7. The van der Waals surface area contributed by atoms with Crippen molar-refractivity contribution in [1.29, 1.82) is 0 Å². The number of benzene rings is 1. The van der Waals surface area contributed by atoms with Crippen LogP contribution < -0.4 is 10.2 Å². The van der Waals surface area contributed by atoms with Crippen molar-refractivity contribution in [2.24, 2.45) is 4.99 Å². The number of rotatable bonds is 6. The van der Waals surface area contributed by atoms with Gasteiger partial charge in [0.2, 0.25) is 6.23 Å². The number of nitrogens with zero attached hydrogens (tertiary/aromatic N) is 2. The van der Waals surface area contributed by atoms with Crippen LogP contribution in [0.4, 0.5) is 0 Å². The molecular weight excluding hydrogens is 370 g/mol. The van der Waals surface area contributed by atoms with E-state index in [0.717, 1.165) is 24.4 Å². The van der Waals surface area contributed by atoms with E-state index in [1.54, 1.807) is 24.5 Å². The Morgan fingerprint density at radius 2 is 2.15 bits per heavy atom. The normalized spacial score (nSPS) is 20.2. The molecule has 1 N–H and O–H groups in total. The molecule has 1 saturated carbocycles. The van der Waals surface area contributed by atoms with Crippen molar-refractivity contribution in [2.75, 3.05) is 0 Å². The van der Waals surface area contributed by atoms with E-state index in [1.165, 1.54) is 19.3 Å². The van der Waals surface area contributed by atoms with Gasteiger partial charge in [-0.05, 0) is 31.0 Å². The van der Waals surface area contributed by atoms with Gasteiger partial charge >= 0.3 is 0 Å². The minimum atomic E-state index is -0.850. The smallest absolute Gasteiger partial charge is 0.232 e. The monoisotopic (exact) mass is 389 g/mol. The summed E-state index contributed by atoms with van der Waals surface area (Å²) in [5, 5.41) is 0.442. The molecule has 2 heterocycles. The Labute approximate surface area is 161 Å². The standard InChI is InChI=1S/C19H20ClN3O4/c20-16-8-14(6-7-15(16)18-22-17(9-24)27-23-18)25-10-13-11-26-19(21-13)12-4-2-1-3-5-12/h6-9,11-12,17H,1-5,10H2,(H,22,23). The van der Waals surface area contributed by atoms with E-state index >= 15 is 0 Å². The highest BCUT2D eigenvalue weighted by Crippen LogP contribution is 2.32. The van der Waals surface area contributed by atoms with Gasteiger partial charge in [0.25, 0.3) is 0 Å². The van der Waals surface area contributed by atoms with Crippen LogP contribution in [0.2, 0.25) is 5.02 Å². The van der Waals surface area contributed by atoms with Gasteiger partial charge in [0.15, 0.2) is 18.0 Å². The van der Waals surface area contributed by atoms with E-state index in [0.29, 0.717) is 41.0 Å². The third-order valence-corrected chi connectivity index (χ3v) is 5.07. The Bertz CT molecular complexity index is 845. The van der Waals surface area contributed by atoms with Crippen molar-refractivity contribution in [1.82, 2.24) is 10.5 Å². The van der Waals surface area contributed by atoms with Crippen LogP contribution in [0.3, 0.4) is 0 Å². The van der Waals surface area contributed by atoms with Gasteiger partial charge in [-0.15, -0.1) is 0 Å². The molecule has 0 spiro atoms. The molecule has 2 aromatic rings. The molecule has 0 saturated heterocycles. The Balaban J connectivity index is 1.38. The molecule has 2 aliphatic rings. The lowest BCUT2D eigenvalue weighted by Gasteiger charge is -2.17. The second-order valence-electron chi connectivity index (χ2n) is 6.67. The number of hydroxylamine groups is 1. The zero-order valence-corrected chi connectivity index (χ0v) is 15.4. The Hall–Kier alpha value is -2.38. The number of hydrogen-bond donors (Lipinski definition) is 1. The summed E-state index contributed by atoms with van der Waals surface area (Å²) < 4.78 is 11.4. The summed E-state index contributed by atoms with van der Waals surface area (Å²) in [7, 11) is 0. The van der Waals surface area contributed by atoms with Crippen LogP contribution in [0.5, 0.6) is 5.75 Å². The molecule has 1 aromatic carbocycles. The molecule has 1 atom stereocenters. The van der Waals surface area contributed by atoms with Gasteiger partial charge in [-0.3, -0.25) is 4.79 Å². The molecule has 1 fully saturated rings. The highest BCUT2D eigenvalue weighted by atomic mass is 35.5. The van der Waals surface area contributed by atoms with Crippen molar-refractivity contribution in [3.8, 4) is 5.75 Å². The molecule has 8 heteroatoms. The molecule has 0 radical (unpaired) electrons. The van der Waals surface area contributed by atoms with Crippen molar-refractivity contribution in [3.05, 3.63) is 46.6 Å². The van der Waals surface area contributed by atoms with Gasteiger partial charge in [0.05, 0.1) is 5.02 Å². The lowest BCUT2D eigenvalue weighted by atomic mass is 9.89. The minimum Gasteiger partial charge on any atom is -0.487 e. The van der Waals surface area contributed by atoms with Gasteiger partial charge in [-0.1, -0.05) is 30.9 Å². The summed E-state index contributed by atoms with van der Waals surface area (Å²) in [6, 6.07) is 5.23. The molecule has 27 heavy (non-hydrogen) atoms. The Morgan fingerprint density at radius 1 is 1.30 bits per heavy atom. The van der Waals surface area contributed by atoms with Crippen molar-refractivity contribution in [2.45, 2.75) is 50.9 Å². The fraction of sp³-hybridized carbons (Fsp3) is 0.421.